The molecular formula is C31H30ClN3O5. The quantitative estimate of drug-likeness (QED) is 0.210. The van der Waals surface area contributed by atoms with E-state index < -0.39 is 16.9 Å². The predicted octanol–water partition coefficient (Wildman–Crippen LogP) is 7.48. The molecule has 0 N–H and O–H groups in total. The van der Waals surface area contributed by atoms with Crippen LogP contribution < -0.4 is 9.47 Å². The Bertz CT molecular complexity index is 1470. The molecule has 40 heavy (non-hydrogen) atoms. The van der Waals surface area contributed by atoms with Gasteiger partial charge in [-0.3, -0.25) is 14.9 Å². The van der Waals surface area contributed by atoms with E-state index in [9.17, 15) is 14.9 Å². The van der Waals surface area contributed by atoms with E-state index in [0.29, 0.717) is 13.2 Å². The Hall–Kier alpha value is -4.17. The zero-order valence-electron chi connectivity index (χ0n) is 22.4. The smallest absolute Gasteiger partial charge is 0.276 e. The van der Waals surface area contributed by atoms with Gasteiger partial charge >= 0.3 is 0 Å². The zero-order valence-corrected chi connectivity index (χ0v) is 23.1. The van der Waals surface area contributed by atoms with Gasteiger partial charge in [0.15, 0.2) is 0 Å². The number of hydrogen-bond donors (Lipinski definition) is 0. The SMILES string of the molecule is CCOc1ccc(/C=C2\CCC[C@H]3C2=NN(C(=O)c2cc([N+](=O)[O-])ccc2Cl)[C@@H]3c2ccc(OCC)cc2)cc1. The van der Waals surface area contributed by atoms with Gasteiger partial charge in [-0.15, -0.1) is 0 Å². The van der Waals surface area contributed by atoms with Gasteiger partial charge in [-0.05, 0) is 86.2 Å². The predicted molar refractivity (Wildman–Crippen MR) is 155 cm³/mol. The maximum atomic E-state index is 14.0. The van der Waals surface area contributed by atoms with E-state index in [1.165, 1.54) is 23.2 Å². The summed E-state index contributed by atoms with van der Waals surface area (Å²) in [4.78, 5) is 24.9. The molecule has 0 unspecified atom stereocenters. The summed E-state index contributed by atoms with van der Waals surface area (Å²) in [7, 11) is 0. The van der Waals surface area contributed by atoms with E-state index in [4.69, 9.17) is 26.2 Å². The summed E-state index contributed by atoms with van der Waals surface area (Å²) in [6, 6.07) is 19.1. The van der Waals surface area contributed by atoms with Crippen LogP contribution in [0.3, 0.4) is 0 Å². The van der Waals surface area contributed by atoms with Crippen molar-refractivity contribution in [3.8, 4) is 11.5 Å². The Kier molecular flexibility index (Phi) is 8.16. The van der Waals surface area contributed by atoms with Crippen LogP contribution in [0.1, 0.15) is 60.6 Å². The number of carbonyl (C=O) groups is 1. The third kappa shape index (κ3) is 5.58. The van der Waals surface area contributed by atoms with E-state index >= 15 is 0 Å². The van der Waals surface area contributed by atoms with Gasteiger partial charge in [-0.25, -0.2) is 5.01 Å². The number of nitrogens with zero attached hydrogens (tertiary/aromatic N) is 3. The summed E-state index contributed by atoms with van der Waals surface area (Å²) < 4.78 is 11.2. The number of nitro groups is 1. The molecule has 5 rings (SSSR count). The third-order valence-electron chi connectivity index (χ3n) is 7.17. The van der Waals surface area contributed by atoms with Crippen molar-refractivity contribution in [2.24, 2.45) is 11.0 Å². The van der Waals surface area contributed by atoms with Crippen LogP contribution >= 0.6 is 11.6 Å². The lowest BCUT2D eigenvalue weighted by Crippen LogP contribution is -2.32. The molecule has 1 heterocycles. The highest BCUT2D eigenvalue weighted by molar-refractivity contribution is 6.34. The minimum absolute atomic E-state index is 0.0398. The number of rotatable bonds is 8. The van der Waals surface area contributed by atoms with Gasteiger partial charge in [0.25, 0.3) is 11.6 Å². The molecule has 0 bridgehead atoms. The first-order valence-corrected chi connectivity index (χ1v) is 13.8. The lowest BCUT2D eigenvalue weighted by molar-refractivity contribution is -0.384. The lowest BCUT2D eigenvalue weighted by Gasteiger charge is -2.30. The molecule has 206 valence electrons. The molecule has 2 atom stereocenters. The van der Waals surface area contributed by atoms with Crippen molar-refractivity contribution in [1.82, 2.24) is 5.01 Å². The molecule has 9 heteroatoms. The fraction of sp³-hybridized carbons (Fsp3) is 0.290. The van der Waals surface area contributed by atoms with Gasteiger partial charge in [-0.1, -0.05) is 35.9 Å². The third-order valence-corrected chi connectivity index (χ3v) is 7.50. The number of allylic oxidation sites excluding steroid dienone is 1. The zero-order chi connectivity index (χ0) is 28.2. The molecular weight excluding hydrogens is 530 g/mol. The highest BCUT2D eigenvalue weighted by atomic mass is 35.5. The van der Waals surface area contributed by atoms with Crippen molar-refractivity contribution in [2.45, 2.75) is 39.2 Å². The number of benzene rings is 3. The molecule has 3 aromatic carbocycles. The maximum Gasteiger partial charge on any atom is 0.276 e. The molecule has 0 aromatic heterocycles. The second-order valence-electron chi connectivity index (χ2n) is 9.67. The molecule has 2 aliphatic rings. The van der Waals surface area contributed by atoms with Gasteiger partial charge < -0.3 is 9.47 Å². The molecule has 8 nitrogen and oxygen atoms in total. The summed E-state index contributed by atoms with van der Waals surface area (Å²) in [6.07, 6.45) is 4.74. The first-order chi connectivity index (χ1) is 19.4. The van der Waals surface area contributed by atoms with Gasteiger partial charge in [0.2, 0.25) is 0 Å². The number of nitro benzene ring substituents is 1. The summed E-state index contributed by atoms with van der Waals surface area (Å²) >= 11 is 6.39. The Morgan fingerprint density at radius 3 is 2.33 bits per heavy atom. The van der Waals surface area contributed by atoms with E-state index in [2.05, 4.69) is 6.08 Å². The van der Waals surface area contributed by atoms with Crippen LogP contribution in [0, 0.1) is 16.0 Å². The second-order valence-corrected chi connectivity index (χ2v) is 10.1. The largest absolute Gasteiger partial charge is 0.494 e. The highest BCUT2D eigenvalue weighted by Gasteiger charge is 2.44. The summed E-state index contributed by atoms with van der Waals surface area (Å²) in [5.74, 6) is 1.03. The normalized spacial score (nSPS) is 19.2. The number of amides is 1. The van der Waals surface area contributed by atoms with Crippen LogP contribution in [-0.4, -0.2) is 34.8 Å². The Labute approximate surface area is 238 Å². The number of ether oxygens (including phenoxy) is 2. The van der Waals surface area contributed by atoms with Crippen LogP contribution in [0.5, 0.6) is 11.5 Å². The van der Waals surface area contributed by atoms with E-state index in [-0.39, 0.29) is 22.2 Å². The fourth-order valence-corrected chi connectivity index (χ4v) is 5.57. The van der Waals surface area contributed by atoms with Gasteiger partial charge in [0.05, 0.1) is 40.5 Å². The van der Waals surface area contributed by atoms with Crippen molar-refractivity contribution < 1.29 is 19.2 Å². The number of non-ortho nitro benzene ring substituents is 1. The average Bonchev–Trinajstić information content (AvgIpc) is 3.35. The first kappa shape index (κ1) is 27.4. The summed E-state index contributed by atoms with van der Waals surface area (Å²) in [5.41, 5.74) is 3.69. The summed E-state index contributed by atoms with van der Waals surface area (Å²) in [5, 5.41) is 17.9. The summed E-state index contributed by atoms with van der Waals surface area (Å²) in [6.45, 7) is 5.03. The molecule has 1 saturated carbocycles. The molecule has 1 aliphatic carbocycles. The number of halogens is 1. The molecule has 0 spiro atoms. The van der Waals surface area contributed by atoms with E-state index in [1.807, 2.05) is 62.4 Å². The Morgan fingerprint density at radius 1 is 1.05 bits per heavy atom. The van der Waals surface area contributed by atoms with Gasteiger partial charge in [-0.2, -0.15) is 5.10 Å². The Balaban J connectivity index is 1.56. The molecule has 0 saturated heterocycles. The minimum Gasteiger partial charge on any atom is -0.494 e. The average molecular weight is 560 g/mol. The van der Waals surface area contributed by atoms with Crippen LogP contribution in [0.2, 0.25) is 5.02 Å². The molecule has 1 aliphatic heterocycles. The topological polar surface area (TPSA) is 94.3 Å². The minimum atomic E-state index is -0.537. The maximum absolute atomic E-state index is 14.0. The molecule has 1 amide bonds. The Morgan fingerprint density at radius 2 is 1.70 bits per heavy atom. The van der Waals surface area contributed by atoms with Crippen molar-refractivity contribution in [3.05, 3.63) is 104 Å². The van der Waals surface area contributed by atoms with Crippen molar-refractivity contribution in [3.63, 3.8) is 0 Å². The standard InChI is InChI=1S/C31H30ClN3O5/c1-3-39-24-13-8-20(9-14-24)18-22-6-5-7-26-29(22)33-34(30(26)21-10-15-25(16-11-21)40-4-2)31(36)27-19-23(35(37)38)12-17-28(27)32/h8-19,26,30H,3-7H2,1-2H3/b22-18+/t26-,30+/m0/s1. The highest BCUT2D eigenvalue weighted by Crippen LogP contribution is 2.45. The number of carbonyl (C=O) groups excluding carboxylic acids is 1. The monoisotopic (exact) mass is 559 g/mol. The van der Waals surface area contributed by atoms with Gasteiger partial charge in [0, 0.05) is 18.1 Å². The second kappa shape index (κ2) is 11.9. The van der Waals surface area contributed by atoms with Crippen LogP contribution in [-0.2, 0) is 0 Å². The van der Waals surface area contributed by atoms with E-state index in [1.54, 1.807) is 0 Å². The number of hydrogen-bond acceptors (Lipinski definition) is 6. The van der Waals surface area contributed by atoms with Crippen LogP contribution in [0.4, 0.5) is 5.69 Å². The number of fused-ring (bicyclic) bond motifs is 1. The number of hydrazone groups is 1. The molecule has 3 aromatic rings. The van der Waals surface area contributed by atoms with Crippen molar-refractivity contribution >= 4 is 35.0 Å². The molecule has 0 radical (unpaired) electrons. The lowest BCUT2D eigenvalue weighted by atomic mass is 9.77. The van der Waals surface area contributed by atoms with Crippen molar-refractivity contribution in [1.29, 1.82) is 0 Å². The van der Waals surface area contributed by atoms with Crippen LogP contribution in [0.25, 0.3) is 6.08 Å². The first-order valence-electron chi connectivity index (χ1n) is 13.4. The van der Waals surface area contributed by atoms with E-state index in [0.717, 1.165) is 53.2 Å². The van der Waals surface area contributed by atoms with Crippen LogP contribution in [0.15, 0.2) is 77.4 Å². The molecule has 1 fully saturated rings. The fourth-order valence-electron chi connectivity index (χ4n) is 5.37. The van der Waals surface area contributed by atoms with Gasteiger partial charge in [0.1, 0.15) is 11.5 Å². The van der Waals surface area contributed by atoms with Crippen molar-refractivity contribution in [2.75, 3.05) is 13.2 Å².